The van der Waals surface area contributed by atoms with Gasteiger partial charge in [0.1, 0.15) is 29.8 Å². The van der Waals surface area contributed by atoms with Crippen LogP contribution in [0.15, 0.2) is 53.9 Å². The van der Waals surface area contributed by atoms with Gasteiger partial charge in [0.15, 0.2) is 0 Å². The molecule has 0 radical (unpaired) electrons. The SMILES string of the molecule is O=C(OCc1csc(COc2ccc(F)cc2)n1)c1cccc(N2CCCS2(=O)=O)c1. The van der Waals surface area contributed by atoms with Crippen LogP contribution in [0.5, 0.6) is 5.75 Å². The molecule has 1 fully saturated rings. The van der Waals surface area contributed by atoms with Crippen molar-refractivity contribution >= 4 is 33.0 Å². The maximum absolute atomic E-state index is 12.9. The van der Waals surface area contributed by atoms with Crippen LogP contribution in [0.1, 0.15) is 27.5 Å². The normalized spacial score (nSPS) is 15.1. The van der Waals surface area contributed by atoms with Gasteiger partial charge in [0.2, 0.25) is 10.0 Å². The Hall–Kier alpha value is -2.98. The van der Waals surface area contributed by atoms with Gasteiger partial charge < -0.3 is 9.47 Å². The topological polar surface area (TPSA) is 85.8 Å². The first-order chi connectivity index (χ1) is 14.9. The standard InChI is InChI=1S/C21H19FN2O5S2/c22-16-5-7-19(8-6-16)28-13-20-23-17(14-30-20)12-29-21(25)15-3-1-4-18(11-15)24-9-2-10-31(24,26)27/h1,3-8,11,14H,2,9-10,12-13H2. The Morgan fingerprint density at radius 3 is 2.71 bits per heavy atom. The van der Waals surface area contributed by atoms with E-state index >= 15 is 0 Å². The van der Waals surface area contributed by atoms with E-state index in [1.165, 1.54) is 46.0 Å². The lowest BCUT2D eigenvalue weighted by atomic mass is 10.2. The zero-order chi connectivity index (χ0) is 21.8. The lowest BCUT2D eigenvalue weighted by molar-refractivity contribution is 0.0468. The third-order valence-electron chi connectivity index (χ3n) is 4.60. The van der Waals surface area contributed by atoms with Gasteiger partial charge in [0, 0.05) is 11.9 Å². The van der Waals surface area contributed by atoms with E-state index in [4.69, 9.17) is 9.47 Å². The molecule has 0 amide bonds. The Bertz CT molecular complexity index is 1180. The van der Waals surface area contributed by atoms with E-state index in [0.29, 0.717) is 35.1 Å². The minimum Gasteiger partial charge on any atom is -0.486 e. The molecule has 1 aliphatic heterocycles. The number of sulfonamides is 1. The van der Waals surface area contributed by atoms with Crippen molar-refractivity contribution in [1.82, 2.24) is 4.98 Å². The van der Waals surface area contributed by atoms with Gasteiger partial charge in [-0.15, -0.1) is 11.3 Å². The van der Waals surface area contributed by atoms with Crippen molar-refractivity contribution in [2.75, 3.05) is 16.6 Å². The van der Waals surface area contributed by atoms with E-state index in [1.807, 2.05) is 0 Å². The first kappa shape index (κ1) is 21.3. The highest BCUT2D eigenvalue weighted by Gasteiger charge is 2.28. The Balaban J connectivity index is 1.33. The molecule has 4 rings (SSSR count). The van der Waals surface area contributed by atoms with Crippen molar-refractivity contribution in [3.8, 4) is 5.75 Å². The summed E-state index contributed by atoms with van der Waals surface area (Å²) in [5, 5.41) is 2.46. The molecular formula is C21H19FN2O5S2. The summed E-state index contributed by atoms with van der Waals surface area (Å²) >= 11 is 1.36. The molecule has 0 N–H and O–H groups in total. The van der Waals surface area contributed by atoms with Crippen LogP contribution < -0.4 is 9.04 Å². The number of hydrogen-bond acceptors (Lipinski definition) is 7. The Morgan fingerprint density at radius 1 is 1.16 bits per heavy atom. The summed E-state index contributed by atoms with van der Waals surface area (Å²) < 4.78 is 49.3. The molecule has 0 spiro atoms. The second kappa shape index (κ2) is 9.03. The highest BCUT2D eigenvalue weighted by molar-refractivity contribution is 7.93. The molecule has 10 heteroatoms. The fourth-order valence-electron chi connectivity index (χ4n) is 3.10. The zero-order valence-electron chi connectivity index (χ0n) is 16.4. The first-order valence-electron chi connectivity index (χ1n) is 9.50. The van der Waals surface area contributed by atoms with E-state index in [1.54, 1.807) is 23.6 Å². The van der Waals surface area contributed by atoms with Crippen LogP contribution in [-0.4, -0.2) is 31.7 Å². The van der Waals surface area contributed by atoms with Crippen LogP contribution in [0.25, 0.3) is 0 Å². The van der Waals surface area contributed by atoms with Crippen molar-refractivity contribution in [1.29, 1.82) is 0 Å². The van der Waals surface area contributed by atoms with Gasteiger partial charge in [-0.3, -0.25) is 4.31 Å². The summed E-state index contributed by atoms with van der Waals surface area (Å²) in [6.45, 7) is 0.608. The first-order valence-corrected chi connectivity index (χ1v) is 12.0. The molecule has 0 aliphatic carbocycles. The maximum Gasteiger partial charge on any atom is 0.338 e. The molecule has 0 atom stereocenters. The van der Waals surface area contributed by atoms with Gasteiger partial charge in [-0.05, 0) is 48.9 Å². The maximum atomic E-state index is 12.9. The molecule has 3 aromatic rings. The van der Waals surface area contributed by atoms with E-state index < -0.39 is 16.0 Å². The predicted molar refractivity (Wildman–Crippen MR) is 114 cm³/mol. The van der Waals surface area contributed by atoms with Crippen LogP contribution in [0.2, 0.25) is 0 Å². The van der Waals surface area contributed by atoms with Crippen LogP contribution in [0, 0.1) is 5.82 Å². The van der Waals surface area contributed by atoms with Gasteiger partial charge in [0.05, 0.1) is 22.7 Å². The number of ether oxygens (including phenoxy) is 2. The zero-order valence-corrected chi connectivity index (χ0v) is 18.0. The second-order valence-corrected chi connectivity index (χ2v) is 9.80. The number of aromatic nitrogens is 1. The van der Waals surface area contributed by atoms with Crippen LogP contribution >= 0.6 is 11.3 Å². The number of rotatable bonds is 7. The number of nitrogens with zero attached hydrogens (tertiary/aromatic N) is 2. The number of benzene rings is 2. The molecule has 0 saturated carbocycles. The van der Waals surface area contributed by atoms with E-state index in [9.17, 15) is 17.6 Å². The fraction of sp³-hybridized carbons (Fsp3) is 0.238. The second-order valence-electron chi connectivity index (χ2n) is 6.84. The molecule has 2 aromatic carbocycles. The van der Waals surface area contributed by atoms with Crippen molar-refractivity contribution in [2.24, 2.45) is 0 Å². The summed E-state index contributed by atoms with van der Waals surface area (Å²) in [4.78, 5) is 16.8. The number of halogens is 1. The van der Waals surface area contributed by atoms with Gasteiger partial charge in [-0.1, -0.05) is 6.07 Å². The summed E-state index contributed by atoms with van der Waals surface area (Å²) in [7, 11) is -3.32. The number of thiazole rings is 1. The smallest absolute Gasteiger partial charge is 0.338 e. The van der Waals surface area contributed by atoms with Crippen LogP contribution in [0.3, 0.4) is 0 Å². The van der Waals surface area contributed by atoms with Gasteiger partial charge in [-0.2, -0.15) is 0 Å². The molecule has 7 nitrogen and oxygen atoms in total. The monoisotopic (exact) mass is 462 g/mol. The molecule has 1 saturated heterocycles. The third kappa shape index (κ3) is 5.20. The third-order valence-corrected chi connectivity index (χ3v) is 7.34. The molecule has 0 unspecified atom stereocenters. The Morgan fingerprint density at radius 2 is 1.97 bits per heavy atom. The van der Waals surface area contributed by atoms with Crippen LogP contribution in [0.4, 0.5) is 10.1 Å². The lowest BCUT2D eigenvalue weighted by Crippen LogP contribution is -2.25. The Labute approximate surface area is 183 Å². The van der Waals surface area contributed by atoms with Crippen molar-refractivity contribution in [3.05, 3.63) is 76.0 Å². The molecule has 1 aliphatic rings. The van der Waals surface area contributed by atoms with Crippen molar-refractivity contribution < 1.29 is 27.1 Å². The van der Waals surface area contributed by atoms with Crippen molar-refractivity contribution in [2.45, 2.75) is 19.6 Å². The van der Waals surface area contributed by atoms with E-state index in [-0.39, 0.29) is 30.3 Å². The lowest BCUT2D eigenvalue weighted by Gasteiger charge is -2.17. The fourth-order valence-corrected chi connectivity index (χ4v) is 5.34. The van der Waals surface area contributed by atoms with Crippen LogP contribution in [-0.2, 0) is 28.0 Å². The summed E-state index contributed by atoms with van der Waals surface area (Å²) in [5.74, 6) is -0.253. The minimum atomic E-state index is -3.32. The van der Waals surface area contributed by atoms with Gasteiger partial charge in [0.25, 0.3) is 0 Å². The van der Waals surface area contributed by atoms with E-state index in [0.717, 1.165) is 0 Å². The molecule has 162 valence electrons. The number of carbonyl (C=O) groups excluding carboxylic acids is 1. The summed E-state index contributed by atoms with van der Waals surface area (Å²) in [5.41, 5.74) is 1.31. The quantitative estimate of drug-likeness (QED) is 0.497. The van der Waals surface area contributed by atoms with Gasteiger partial charge in [-0.25, -0.2) is 22.6 Å². The average Bonchev–Trinajstić information content (AvgIpc) is 3.37. The van der Waals surface area contributed by atoms with Gasteiger partial charge >= 0.3 is 5.97 Å². The highest BCUT2D eigenvalue weighted by atomic mass is 32.2. The highest BCUT2D eigenvalue weighted by Crippen LogP contribution is 2.25. The molecule has 1 aromatic heterocycles. The van der Waals surface area contributed by atoms with E-state index in [2.05, 4.69) is 4.98 Å². The minimum absolute atomic E-state index is 0.0158. The molecule has 0 bridgehead atoms. The summed E-state index contributed by atoms with van der Waals surface area (Å²) in [6, 6.07) is 12.1. The predicted octanol–water partition coefficient (Wildman–Crippen LogP) is 3.76. The molecule has 2 heterocycles. The number of hydrogen-bond donors (Lipinski definition) is 0. The average molecular weight is 463 g/mol. The number of carbonyl (C=O) groups is 1. The number of esters is 1. The van der Waals surface area contributed by atoms with Crippen molar-refractivity contribution in [3.63, 3.8) is 0 Å². The summed E-state index contributed by atoms with van der Waals surface area (Å²) in [6.07, 6.45) is 0.564. The molecule has 31 heavy (non-hydrogen) atoms. The largest absolute Gasteiger partial charge is 0.486 e. The number of anilines is 1. The Kier molecular flexibility index (Phi) is 6.19. The molecular weight excluding hydrogens is 443 g/mol.